The molecule has 1 aromatic rings. The number of nitrogens with two attached hydrogens (primary N) is 1. The first kappa shape index (κ1) is 13.1. The fraction of sp³-hybridized carbons (Fsp3) is 0.667. The Morgan fingerprint density at radius 3 is 2.94 bits per heavy atom. The van der Waals surface area contributed by atoms with Crippen molar-refractivity contribution in [1.82, 2.24) is 9.88 Å². The monoisotopic (exact) mass is 268 g/mol. The zero-order valence-corrected chi connectivity index (χ0v) is 12.0. The van der Waals surface area contributed by atoms with Crippen molar-refractivity contribution < 1.29 is 4.79 Å². The van der Waals surface area contributed by atoms with Gasteiger partial charge in [-0.1, -0.05) is 11.3 Å². The summed E-state index contributed by atoms with van der Waals surface area (Å²) in [6.07, 6.45) is 2.15. The van der Waals surface area contributed by atoms with Crippen LogP contribution in [0.3, 0.4) is 0 Å². The molecule has 1 fully saturated rings. The molecule has 5 nitrogen and oxygen atoms in total. The maximum Gasteiger partial charge on any atom is 0.268 e. The normalized spacial score (nSPS) is 19.3. The molecule has 1 aliphatic rings. The second kappa shape index (κ2) is 5.14. The van der Waals surface area contributed by atoms with Gasteiger partial charge in [0, 0.05) is 26.2 Å². The molecule has 0 aromatic carbocycles. The van der Waals surface area contributed by atoms with Crippen molar-refractivity contribution in [3.63, 3.8) is 0 Å². The van der Waals surface area contributed by atoms with Crippen molar-refractivity contribution in [2.24, 2.45) is 0 Å². The highest BCUT2D eigenvalue weighted by molar-refractivity contribution is 7.18. The number of anilines is 2. The quantitative estimate of drug-likeness (QED) is 0.908. The molecule has 0 radical (unpaired) electrons. The SMILES string of the molecule is CCN(C)c1nc(N)c(C(=O)N2CCCC2C)s1. The third-order valence-electron chi connectivity index (χ3n) is 3.45. The van der Waals surface area contributed by atoms with E-state index in [1.165, 1.54) is 11.3 Å². The summed E-state index contributed by atoms with van der Waals surface area (Å²) < 4.78 is 0. The van der Waals surface area contributed by atoms with Crippen molar-refractivity contribution in [3.8, 4) is 0 Å². The van der Waals surface area contributed by atoms with Gasteiger partial charge >= 0.3 is 0 Å². The smallest absolute Gasteiger partial charge is 0.268 e. The van der Waals surface area contributed by atoms with Gasteiger partial charge in [-0.2, -0.15) is 0 Å². The molecule has 1 aromatic heterocycles. The van der Waals surface area contributed by atoms with Crippen molar-refractivity contribution in [2.75, 3.05) is 30.8 Å². The summed E-state index contributed by atoms with van der Waals surface area (Å²) in [6, 6.07) is 0.311. The Morgan fingerprint density at radius 1 is 1.67 bits per heavy atom. The minimum Gasteiger partial charge on any atom is -0.382 e. The Morgan fingerprint density at radius 2 is 2.39 bits per heavy atom. The van der Waals surface area contributed by atoms with Crippen LogP contribution >= 0.6 is 11.3 Å². The highest BCUT2D eigenvalue weighted by Gasteiger charge is 2.29. The number of hydrogen-bond acceptors (Lipinski definition) is 5. The number of amides is 1. The van der Waals surface area contributed by atoms with Crippen LogP contribution in [0.1, 0.15) is 36.4 Å². The third kappa shape index (κ3) is 2.29. The number of likely N-dealkylation sites (tertiary alicyclic amines) is 1. The molecule has 0 bridgehead atoms. The van der Waals surface area contributed by atoms with E-state index < -0.39 is 0 Å². The molecule has 6 heteroatoms. The van der Waals surface area contributed by atoms with Gasteiger partial charge in [0.1, 0.15) is 10.7 Å². The molecule has 0 spiro atoms. The summed E-state index contributed by atoms with van der Waals surface area (Å²) in [4.78, 5) is 21.2. The largest absolute Gasteiger partial charge is 0.382 e. The van der Waals surface area contributed by atoms with Gasteiger partial charge in [0.05, 0.1) is 0 Å². The van der Waals surface area contributed by atoms with Crippen LogP contribution in [0.25, 0.3) is 0 Å². The number of hydrogen-bond donors (Lipinski definition) is 1. The molecule has 1 saturated heterocycles. The van der Waals surface area contributed by atoms with Gasteiger partial charge in [0.25, 0.3) is 5.91 Å². The second-order valence-corrected chi connectivity index (χ2v) is 5.69. The minimum absolute atomic E-state index is 0.0331. The van der Waals surface area contributed by atoms with E-state index in [9.17, 15) is 4.79 Å². The molecule has 1 aliphatic heterocycles. The van der Waals surface area contributed by atoms with E-state index >= 15 is 0 Å². The Kier molecular flexibility index (Phi) is 3.75. The highest BCUT2D eigenvalue weighted by Crippen LogP contribution is 2.30. The zero-order valence-electron chi connectivity index (χ0n) is 11.1. The summed E-state index contributed by atoms with van der Waals surface area (Å²) in [6.45, 7) is 5.81. The molecule has 100 valence electrons. The maximum absolute atomic E-state index is 12.4. The van der Waals surface area contributed by atoms with E-state index in [1.54, 1.807) is 0 Å². The fourth-order valence-electron chi connectivity index (χ4n) is 2.14. The summed E-state index contributed by atoms with van der Waals surface area (Å²) in [5.74, 6) is 0.394. The van der Waals surface area contributed by atoms with Crippen molar-refractivity contribution in [3.05, 3.63) is 4.88 Å². The molecular weight excluding hydrogens is 248 g/mol. The van der Waals surface area contributed by atoms with Crippen LogP contribution < -0.4 is 10.6 Å². The zero-order chi connectivity index (χ0) is 13.3. The lowest BCUT2D eigenvalue weighted by Gasteiger charge is -2.20. The number of aromatic nitrogens is 1. The average molecular weight is 268 g/mol. The van der Waals surface area contributed by atoms with Gasteiger partial charge in [-0.15, -0.1) is 0 Å². The van der Waals surface area contributed by atoms with Crippen LogP contribution in [-0.2, 0) is 0 Å². The summed E-state index contributed by atoms with van der Waals surface area (Å²) >= 11 is 1.39. The lowest BCUT2D eigenvalue weighted by Crippen LogP contribution is -2.33. The first-order valence-corrected chi connectivity index (χ1v) is 7.14. The minimum atomic E-state index is 0.0331. The van der Waals surface area contributed by atoms with Crippen LogP contribution in [0.5, 0.6) is 0 Å². The van der Waals surface area contributed by atoms with Gasteiger partial charge in [-0.25, -0.2) is 4.98 Å². The van der Waals surface area contributed by atoms with Crippen LogP contribution in [0, 0.1) is 0 Å². The third-order valence-corrected chi connectivity index (χ3v) is 4.62. The van der Waals surface area contributed by atoms with Crippen molar-refractivity contribution in [2.45, 2.75) is 32.7 Å². The molecule has 1 unspecified atom stereocenters. The molecule has 18 heavy (non-hydrogen) atoms. The maximum atomic E-state index is 12.4. The first-order chi connectivity index (χ1) is 8.54. The van der Waals surface area contributed by atoms with Crippen LogP contribution in [-0.4, -0.2) is 42.0 Å². The summed E-state index contributed by atoms with van der Waals surface area (Å²) in [7, 11) is 1.95. The highest BCUT2D eigenvalue weighted by atomic mass is 32.1. The lowest BCUT2D eigenvalue weighted by molar-refractivity contribution is 0.0753. The molecule has 0 saturated carbocycles. The Bertz CT molecular complexity index is 445. The fourth-order valence-corrected chi connectivity index (χ4v) is 3.10. The van der Waals surface area contributed by atoms with E-state index in [2.05, 4.69) is 11.9 Å². The van der Waals surface area contributed by atoms with E-state index in [0.29, 0.717) is 16.7 Å². The molecule has 2 heterocycles. The van der Waals surface area contributed by atoms with Gasteiger partial charge in [-0.3, -0.25) is 4.79 Å². The molecule has 0 aliphatic carbocycles. The molecule has 1 atom stereocenters. The summed E-state index contributed by atoms with van der Waals surface area (Å²) in [5, 5.41) is 0.810. The van der Waals surface area contributed by atoms with E-state index in [-0.39, 0.29) is 5.91 Å². The van der Waals surface area contributed by atoms with Gasteiger partial charge in [0.15, 0.2) is 5.13 Å². The van der Waals surface area contributed by atoms with Crippen molar-refractivity contribution >= 4 is 28.2 Å². The number of nitrogens with zero attached hydrogens (tertiary/aromatic N) is 3. The Balaban J connectivity index is 2.22. The van der Waals surface area contributed by atoms with E-state index in [1.807, 2.05) is 23.8 Å². The van der Waals surface area contributed by atoms with Gasteiger partial charge in [0.2, 0.25) is 0 Å². The molecular formula is C12H20N4OS. The standard InChI is InChI=1S/C12H20N4OS/c1-4-15(3)12-14-10(13)9(18-12)11(17)16-7-5-6-8(16)2/h8H,4-7,13H2,1-3H3. The number of thiazole rings is 1. The number of rotatable bonds is 3. The topological polar surface area (TPSA) is 62.5 Å². The number of carbonyl (C=O) groups excluding carboxylic acids is 1. The number of carbonyl (C=O) groups is 1. The van der Waals surface area contributed by atoms with Crippen LogP contribution in [0.4, 0.5) is 10.9 Å². The molecule has 2 N–H and O–H groups in total. The Hall–Kier alpha value is -1.30. The lowest BCUT2D eigenvalue weighted by atomic mass is 10.2. The summed E-state index contributed by atoms with van der Waals surface area (Å²) in [5.41, 5.74) is 5.87. The van der Waals surface area contributed by atoms with Gasteiger partial charge in [-0.05, 0) is 26.7 Å². The predicted octanol–water partition coefficient (Wildman–Crippen LogP) is 1.81. The second-order valence-electron chi connectivity index (χ2n) is 4.71. The van der Waals surface area contributed by atoms with Crippen molar-refractivity contribution in [1.29, 1.82) is 0 Å². The molecule has 1 amide bonds. The van der Waals surface area contributed by atoms with E-state index in [4.69, 9.17) is 5.73 Å². The van der Waals surface area contributed by atoms with Gasteiger partial charge < -0.3 is 15.5 Å². The molecule has 2 rings (SSSR count). The first-order valence-electron chi connectivity index (χ1n) is 6.33. The van der Waals surface area contributed by atoms with E-state index in [0.717, 1.165) is 31.1 Å². The average Bonchev–Trinajstić information content (AvgIpc) is 2.93. The predicted molar refractivity (Wildman–Crippen MR) is 75.2 cm³/mol. The van der Waals surface area contributed by atoms with Crippen LogP contribution in [0.15, 0.2) is 0 Å². The Labute approximate surface area is 112 Å². The number of nitrogen functional groups attached to an aromatic ring is 1. The van der Waals surface area contributed by atoms with Crippen LogP contribution in [0.2, 0.25) is 0 Å².